The monoisotopic (exact) mass is 356 g/mol. The minimum Gasteiger partial charge on any atom is -0.302 e. The Labute approximate surface area is 150 Å². The quantitative estimate of drug-likeness (QED) is 0.315. The lowest BCUT2D eigenvalue weighted by Crippen LogP contribution is -2.30. The average molecular weight is 356 g/mol. The summed E-state index contributed by atoms with van der Waals surface area (Å²) in [6, 6.07) is 6.98. The van der Waals surface area contributed by atoms with Crippen molar-refractivity contribution >= 4 is 23.6 Å². The zero-order chi connectivity index (χ0) is 17.8. The van der Waals surface area contributed by atoms with E-state index in [2.05, 4.69) is 16.8 Å². The van der Waals surface area contributed by atoms with Crippen LogP contribution in [0.25, 0.3) is 0 Å². The molecule has 0 radical (unpaired) electrons. The lowest BCUT2D eigenvalue weighted by molar-refractivity contribution is 0.0652. The number of rotatable bonds is 8. The van der Waals surface area contributed by atoms with E-state index in [1.165, 1.54) is 4.90 Å². The molecule has 0 fully saturated rings. The fourth-order valence-corrected chi connectivity index (χ4v) is 3.78. The van der Waals surface area contributed by atoms with Gasteiger partial charge < -0.3 is 4.57 Å². The topological polar surface area (TPSA) is 68.1 Å². The molecule has 0 saturated heterocycles. The number of thioether (sulfide) groups is 1. The molecular weight excluding hydrogens is 336 g/mol. The van der Waals surface area contributed by atoms with E-state index in [0.717, 1.165) is 29.6 Å². The minimum atomic E-state index is -0.186. The number of fused-ring (bicyclic) bond motifs is 1. The number of aromatic nitrogens is 3. The van der Waals surface area contributed by atoms with Crippen LogP contribution < -0.4 is 0 Å². The maximum absolute atomic E-state index is 12.3. The van der Waals surface area contributed by atoms with Crippen molar-refractivity contribution in [2.75, 3.05) is 12.3 Å². The van der Waals surface area contributed by atoms with Crippen molar-refractivity contribution in [3.05, 3.63) is 53.9 Å². The number of hydrogen-bond acceptors (Lipinski definition) is 5. The third-order valence-electron chi connectivity index (χ3n) is 4.10. The molecule has 2 amide bonds. The van der Waals surface area contributed by atoms with E-state index < -0.39 is 0 Å². The lowest BCUT2D eigenvalue weighted by atomic mass is 10.1. The maximum atomic E-state index is 12.3. The molecule has 0 N–H and O–H groups in total. The van der Waals surface area contributed by atoms with Crippen LogP contribution in [-0.4, -0.2) is 43.8 Å². The van der Waals surface area contributed by atoms with Crippen molar-refractivity contribution in [2.45, 2.75) is 31.5 Å². The summed E-state index contributed by atoms with van der Waals surface area (Å²) in [6.45, 7) is 6.81. The zero-order valence-electron chi connectivity index (χ0n) is 14.1. The Morgan fingerprint density at radius 3 is 2.44 bits per heavy atom. The van der Waals surface area contributed by atoms with Gasteiger partial charge in [0, 0.05) is 18.8 Å². The van der Waals surface area contributed by atoms with Gasteiger partial charge in [0.15, 0.2) is 5.16 Å². The first-order chi connectivity index (χ1) is 12.1. The summed E-state index contributed by atoms with van der Waals surface area (Å²) < 4.78 is 2.02. The van der Waals surface area contributed by atoms with Crippen molar-refractivity contribution in [1.29, 1.82) is 0 Å². The molecule has 0 atom stereocenters. The third-order valence-corrected chi connectivity index (χ3v) is 5.15. The van der Waals surface area contributed by atoms with Crippen LogP contribution in [0.1, 0.15) is 39.4 Å². The summed E-state index contributed by atoms with van der Waals surface area (Å²) in [6.07, 6.45) is 3.48. The van der Waals surface area contributed by atoms with E-state index in [4.69, 9.17) is 0 Å². The van der Waals surface area contributed by atoms with Gasteiger partial charge in [-0.15, -0.1) is 16.8 Å². The van der Waals surface area contributed by atoms with Gasteiger partial charge in [-0.3, -0.25) is 14.5 Å². The molecule has 0 spiro atoms. The molecule has 1 aromatic carbocycles. The van der Waals surface area contributed by atoms with Gasteiger partial charge in [-0.25, -0.2) is 0 Å². The number of imide groups is 1. The number of carbonyl (C=O) groups is 2. The van der Waals surface area contributed by atoms with Crippen molar-refractivity contribution in [1.82, 2.24) is 19.7 Å². The van der Waals surface area contributed by atoms with E-state index in [9.17, 15) is 9.59 Å². The van der Waals surface area contributed by atoms with Crippen molar-refractivity contribution in [3.8, 4) is 0 Å². The number of carbonyl (C=O) groups excluding carboxylic acids is 2. The Morgan fingerprint density at radius 2 is 1.80 bits per heavy atom. The number of benzene rings is 1. The molecule has 6 nitrogen and oxygen atoms in total. The fraction of sp³-hybridized carbons (Fsp3) is 0.333. The molecule has 1 aromatic heterocycles. The number of amides is 2. The molecule has 3 rings (SSSR count). The molecule has 1 aliphatic heterocycles. The SMILES string of the molecule is C=CCn1c(C)nnc1SCCCCN1C(=O)c2ccccc2C1=O. The van der Waals surface area contributed by atoms with Gasteiger partial charge in [-0.1, -0.05) is 30.0 Å². The number of unbranched alkanes of at least 4 members (excludes halogenated alkanes) is 1. The van der Waals surface area contributed by atoms with Crippen LogP contribution in [0.2, 0.25) is 0 Å². The molecule has 7 heteroatoms. The van der Waals surface area contributed by atoms with Crippen molar-refractivity contribution in [3.63, 3.8) is 0 Å². The van der Waals surface area contributed by atoms with Gasteiger partial charge >= 0.3 is 0 Å². The maximum Gasteiger partial charge on any atom is 0.261 e. The highest BCUT2D eigenvalue weighted by molar-refractivity contribution is 7.99. The number of allylic oxidation sites excluding steroid dienone is 1. The van der Waals surface area contributed by atoms with E-state index in [-0.39, 0.29) is 11.8 Å². The molecular formula is C18H20N4O2S. The summed E-state index contributed by atoms with van der Waals surface area (Å²) in [5, 5.41) is 9.13. The van der Waals surface area contributed by atoms with Gasteiger partial charge in [-0.05, 0) is 31.9 Å². The second-order valence-electron chi connectivity index (χ2n) is 5.79. The van der Waals surface area contributed by atoms with E-state index >= 15 is 0 Å². The average Bonchev–Trinajstić information content (AvgIpc) is 3.08. The van der Waals surface area contributed by atoms with Crippen LogP contribution in [-0.2, 0) is 6.54 Å². The summed E-state index contributed by atoms with van der Waals surface area (Å²) in [5.41, 5.74) is 1.02. The van der Waals surface area contributed by atoms with Crippen LogP contribution in [0, 0.1) is 6.92 Å². The van der Waals surface area contributed by atoms with E-state index in [1.807, 2.05) is 17.6 Å². The van der Waals surface area contributed by atoms with Crippen LogP contribution in [0.15, 0.2) is 42.1 Å². The normalized spacial score (nSPS) is 13.4. The number of nitrogens with zero attached hydrogens (tertiary/aromatic N) is 4. The summed E-state index contributed by atoms with van der Waals surface area (Å²) in [7, 11) is 0. The molecule has 2 aromatic rings. The van der Waals surface area contributed by atoms with Crippen molar-refractivity contribution < 1.29 is 9.59 Å². The van der Waals surface area contributed by atoms with Gasteiger partial charge in [-0.2, -0.15) is 0 Å². The summed E-state index contributed by atoms with van der Waals surface area (Å²) in [5.74, 6) is 1.36. The predicted octanol–water partition coefficient (Wildman–Crippen LogP) is 2.94. The van der Waals surface area contributed by atoms with Gasteiger partial charge in [0.1, 0.15) is 5.82 Å². The Morgan fingerprint density at radius 1 is 1.12 bits per heavy atom. The summed E-state index contributed by atoms with van der Waals surface area (Å²) >= 11 is 1.63. The van der Waals surface area contributed by atoms with E-state index in [1.54, 1.807) is 36.0 Å². The Kier molecular flexibility index (Phi) is 5.33. The first kappa shape index (κ1) is 17.4. The van der Waals surface area contributed by atoms with Crippen molar-refractivity contribution in [2.24, 2.45) is 0 Å². The van der Waals surface area contributed by atoms with Crippen LogP contribution in [0.5, 0.6) is 0 Å². The highest BCUT2D eigenvalue weighted by Gasteiger charge is 2.34. The Hall–Kier alpha value is -2.41. The predicted molar refractivity (Wildman–Crippen MR) is 96.7 cm³/mol. The van der Waals surface area contributed by atoms with Gasteiger partial charge in [0.05, 0.1) is 11.1 Å². The fourth-order valence-electron chi connectivity index (χ4n) is 2.79. The summed E-state index contributed by atoms with van der Waals surface area (Å²) in [4.78, 5) is 25.9. The Bertz CT molecular complexity index is 780. The number of hydrogen-bond donors (Lipinski definition) is 0. The zero-order valence-corrected chi connectivity index (χ0v) is 15.0. The smallest absolute Gasteiger partial charge is 0.261 e. The molecule has 0 aliphatic carbocycles. The highest BCUT2D eigenvalue weighted by atomic mass is 32.2. The highest BCUT2D eigenvalue weighted by Crippen LogP contribution is 2.23. The third kappa shape index (κ3) is 3.51. The second-order valence-corrected chi connectivity index (χ2v) is 6.85. The van der Waals surface area contributed by atoms with Gasteiger partial charge in [0.25, 0.3) is 11.8 Å². The first-order valence-electron chi connectivity index (χ1n) is 8.22. The second kappa shape index (κ2) is 7.65. The Balaban J connectivity index is 1.48. The largest absolute Gasteiger partial charge is 0.302 e. The number of aryl methyl sites for hydroxylation is 1. The first-order valence-corrected chi connectivity index (χ1v) is 9.20. The van der Waals surface area contributed by atoms with Gasteiger partial charge in [0.2, 0.25) is 0 Å². The van der Waals surface area contributed by atoms with Crippen LogP contribution in [0.3, 0.4) is 0 Å². The van der Waals surface area contributed by atoms with Crippen LogP contribution in [0.4, 0.5) is 0 Å². The molecule has 130 valence electrons. The molecule has 25 heavy (non-hydrogen) atoms. The minimum absolute atomic E-state index is 0.186. The molecule has 0 saturated carbocycles. The molecule has 2 heterocycles. The van der Waals surface area contributed by atoms with E-state index in [0.29, 0.717) is 24.2 Å². The molecule has 1 aliphatic rings. The molecule has 0 unspecified atom stereocenters. The standard InChI is InChI=1S/C18H20N4O2S/c1-3-10-21-13(2)19-20-18(21)25-12-7-6-11-22-16(23)14-8-4-5-9-15(14)17(22)24/h3-5,8-9H,1,6-7,10-12H2,2H3. The molecule has 0 bridgehead atoms. The van der Waals surface area contributed by atoms with Crippen LogP contribution >= 0.6 is 11.8 Å². The lowest BCUT2D eigenvalue weighted by Gasteiger charge is -2.13.